The molecule has 138 valence electrons. The molecule has 0 aliphatic carbocycles. The van der Waals surface area contributed by atoms with Crippen molar-refractivity contribution >= 4 is 11.7 Å². The van der Waals surface area contributed by atoms with Crippen LogP contribution in [0.1, 0.15) is 44.6 Å². The number of nitrogens with zero attached hydrogens (tertiary/aromatic N) is 2. The van der Waals surface area contributed by atoms with E-state index in [9.17, 15) is 4.79 Å². The molecule has 1 unspecified atom stereocenters. The highest BCUT2D eigenvalue weighted by Gasteiger charge is 2.29. The fourth-order valence-corrected chi connectivity index (χ4v) is 3.84. The summed E-state index contributed by atoms with van der Waals surface area (Å²) in [5.41, 5.74) is 2.13. The SMILES string of the molecule is CC(C)c1ccccc1NC(=O)N1CCCCC1CN1CCOCC1. The van der Waals surface area contributed by atoms with Gasteiger partial charge in [0.25, 0.3) is 0 Å². The predicted octanol–water partition coefficient (Wildman–Crippen LogP) is 3.53. The van der Waals surface area contributed by atoms with Gasteiger partial charge in [-0.2, -0.15) is 0 Å². The lowest BCUT2D eigenvalue weighted by Gasteiger charge is -2.39. The third-order valence-electron chi connectivity index (χ3n) is 5.29. The molecular formula is C20H31N3O2. The zero-order valence-electron chi connectivity index (χ0n) is 15.5. The summed E-state index contributed by atoms with van der Waals surface area (Å²) < 4.78 is 5.44. The first-order valence-corrected chi connectivity index (χ1v) is 9.62. The number of urea groups is 1. The van der Waals surface area contributed by atoms with Crippen molar-refractivity contribution in [2.24, 2.45) is 0 Å². The lowest BCUT2D eigenvalue weighted by molar-refractivity contribution is 0.0229. The molecule has 5 heteroatoms. The summed E-state index contributed by atoms with van der Waals surface area (Å²) in [6.07, 6.45) is 3.40. The summed E-state index contributed by atoms with van der Waals surface area (Å²) in [4.78, 5) is 17.5. The number of benzene rings is 1. The first-order chi connectivity index (χ1) is 12.1. The van der Waals surface area contributed by atoms with Gasteiger partial charge in [-0.05, 0) is 36.8 Å². The number of hydrogen-bond donors (Lipinski definition) is 1. The van der Waals surface area contributed by atoms with Crippen molar-refractivity contribution in [2.75, 3.05) is 44.7 Å². The topological polar surface area (TPSA) is 44.8 Å². The average Bonchev–Trinajstić information content (AvgIpc) is 2.63. The summed E-state index contributed by atoms with van der Waals surface area (Å²) in [5, 5.41) is 3.17. The molecule has 0 radical (unpaired) electrons. The van der Waals surface area contributed by atoms with Crippen LogP contribution < -0.4 is 5.32 Å². The van der Waals surface area contributed by atoms with Gasteiger partial charge in [0.1, 0.15) is 0 Å². The Balaban J connectivity index is 1.66. The summed E-state index contributed by atoms with van der Waals surface area (Å²) >= 11 is 0. The molecule has 1 N–H and O–H groups in total. The normalized spacial score (nSPS) is 22.2. The van der Waals surface area contributed by atoms with Gasteiger partial charge in [0.2, 0.25) is 0 Å². The minimum Gasteiger partial charge on any atom is -0.379 e. The molecule has 2 heterocycles. The van der Waals surface area contributed by atoms with E-state index >= 15 is 0 Å². The van der Waals surface area contributed by atoms with E-state index in [1.54, 1.807) is 0 Å². The largest absolute Gasteiger partial charge is 0.379 e. The minimum atomic E-state index is 0.0473. The number of hydrogen-bond acceptors (Lipinski definition) is 3. The van der Waals surface area contributed by atoms with E-state index in [1.807, 2.05) is 18.2 Å². The Labute approximate surface area is 151 Å². The molecule has 25 heavy (non-hydrogen) atoms. The van der Waals surface area contributed by atoms with E-state index in [1.165, 1.54) is 12.0 Å². The second kappa shape index (κ2) is 8.68. The van der Waals surface area contributed by atoms with Crippen LogP contribution in [0.2, 0.25) is 0 Å². The van der Waals surface area contributed by atoms with Gasteiger partial charge in [-0.3, -0.25) is 4.90 Å². The molecule has 3 rings (SSSR count). The van der Waals surface area contributed by atoms with E-state index in [2.05, 4.69) is 35.0 Å². The fraction of sp³-hybridized carbons (Fsp3) is 0.650. The van der Waals surface area contributed by atoms with Crippen molar-refractivity contribution in [1.29, 1.82) is 0 Å². The van der Waals surface area contributed by atoms with Gasteiger partial charge in [0.05, 0.1) is 13.2 Å². The van der Waals surface area contributed by atoms with Crippen molar-refractivity contribution in [1.82, 2.24) is 9.80 Å². The predicted molar refractivity (Wildman–Crippen MR) is 101 cm³/mol. The molecule has 2 amide bonds. The van der Waals surface area contributed by atoms with E-state index < -0.39 is 0 Å². The number of carbonyl (C=O) groups is 1. The minimum absolute atomic E-state index is 0.0473. The van der Waals surface area contributed by atoms with Crippen LogP contribution in [0.15, 0.2) is 24.3 Å². The maximum absolute atomic E-state index is 13.0. The lowest BCUT2D eigenvalue weighted by atomic mass is 10.0. The van der Waals surface area contributed by atoms with Crippen molar-refractivity contribution in [3.63, 3.8) is 0 Å². The standard InChI is InChI=1S/C20H31N3O2/c1-16(2)18-8-3-4-9-19(18)21-20(24)23-10-6-5-7-17(23)15-22-11-13-25-14-12-22/h3-4,8-9,16-17H,5-7,10-15H2,1-2H3,(H,21,24). The summed E-state index contributed by atoms with van der Waals surface area (Å²) in [6, 6.07) is 8.48. The Morgan fingerprint density at radius 1 is 1.20 bits per heavy atom. The first-order valence-electron chi connectivity index (χ1n) is 9.62. The Bertz CT molecular complexity index is 570. The van der Waals surface area contributed by atoms with Gasteiger partial charge in [-0.15, -0.1) is 0 Å². The average molecular weight is 345 g/mol. The van der Waals surface area contributed by atoms with Crippen LogP contribution in [0.5, 0.6) is 0 Å². The number of para-hydroxylation sites is 1. The van der Waals surface area contributed by atoms with Crippen LogP contribution in [0.4, 0.5) is 10.5 Å². The van der Waals surface area contributed by atoms with Crippen LogP contribution in [0, 0.1) is 0 Å². The smallest absolute Gasteiger partial charge is 0.322 e. The number of anilines is 1. The van der Waals surface area contributed by atoms with E-state index in [4.69, 9.17) is 4.74 Å². The van der Waals surface area contributed by atoms with Crippen LogP contribution >= 0.6 is 0 Å². The van der Waals surface area contributed by atoms with Crippen LogP contribution in [0.3, 0.4) is 0 Å². The van der Waals surface area contributed by atoms with Crippen molar-refractivity contribution in [3.05, 3.63) is 29.8 Å². The maximum Gasteiger partial charge on any atom is 0.322 e. The monoisotopic (exact) mass is 345 g/mol. The van der Waals surface area contributed by atoms with Gasteiger partial charge in [0.15, 0.2) is 0 Å². The Kier molecular flexibility index (Phi) is 6.32. The molecule has 5 nitrogen and oxygen atoms in total. The Hall–Kier alpha value is -1.59. The maximum atomic E-state index is 13.0. The summed E-state index contributed by atoms with van der Waals surface area (Å²) in [7, 11) is 0. The third kappa shape index (κ3) is 4.73. The van der Waals surface area contributed by atoms with E-state index in [0.717, 1.165) is 57.9 Å². The zero-order chi connectivity index (χ0) is 17.6. The highest BCUT2D eigenvalue weighted by molar-refractivity contribution is 5.90. The number of carbonyl (C=O) groups excluding carboxylic acids is 1. The number of morpholine rings is 1. The van der Waals surface area contributed by atoms with Crippen molar-refractivity contribution < 1.29 is 9.53 Å². The Morgan fingerprint density at radius 2 is 1.96 bits per heavy atom. The summed E-state index contributed by atoms with van der Waals surface area (Å²) in [5.74, 6) is 0.391. The van der Waals surface area contributed by atoms with Crippen LogP contribution in [0.25, 0.3) is 0 Å². The molecule has 0 saturated carbocycles. The molecule has 2 aliphatic rings. The number of amides is 2. The fourth-order valence-electron chi connectivity index (χ4n) is 3.84. The molecule has 0 spiro atoms. The molecule has 1 aromatic rings. The number of piperidine rings is 1. The number of likely N-dealkylation sites (tertiary alicyclic amines) is 1. The highest BCUT2D eigenvalue weighted by Crippen LogP contribution is 2.25. The second-order valence-electron chi connectivity index (χ2n) is 7.43. The zero-order valence-corrected chi connectivity index (χ0v) is 15.5. The molecule has 2 fully saturated rings. The number of nitrogens with one attached hydrogen (secondary N) is 1. The molecule has 0 bridgehead atoms. The lowest BCUT2D eigenvalue weighted by Crippen LogP contribution is -2.52. The van der Waals surface area contributed by atoms with Gasteiger partial charge in [-0.25, -0.2) is 4.79 Å². The second-order valence-corrected chi connectivity index (χ2v) is 7.43. The van der Waals surface area contributed by atoms with Crippen LogP contribution in [-0.4, -0.2) is 61.3 Å². The number of rotatable bonds is 4. The molecule has 2 aliphatic heterocycles. The molecule has 1 aromatic carbocycles. The highest BCUT2D eigenvalue weighted by atomic mass is 16.5. The van der Waals surface area contributed by atoms with E-state index in [-0.39, 0.29) is 6.03 Å². The van der Waals surface area contributed by atoms with Crippen LogP contribution in [-0.2, 0) is 4.74 Å². The van der Waals surface area contributed by atoms with E-state index in [0.29, 0.717) is 12.0 Å². The third-order valence-corrected chi connectivity index (χ3v) is 5.29. The van der Waals surface area contributed by atoms with Crippen molar-refractivity contribution in [2.45, 2.75) is 45.1 Å². The molecule has 0 aromatic heterocycles. The molecule has 2 saturated heterocycles. The van der Waals surface area contributed by atoms with Gasteiger partial charge in [0, 0.05) is 37.9 Å². The quantitative estimate of drug-likeness (QED) is 0.908. The number of ether oxygens (including phenoxy) is 1. The van der Waals surface area contributed by atoms with Crippen molar-refractivity contribution in [3.8, 4) is 0 Å². The molecule has 1 atom stereocenters. The van der Waals surface area contributed by atoms with Gasteiger partial charge in [-0.1, -0.05) is 32.0 Å². The van der Waals surface area contributed by atoms with Gasteiger partial charge >= 0.3 is 6.03 Å². The Morgan fingerprint density at radius 3 is 2.72 bits per heavy atom. The van der Waals surface area contributed by atoms with Gasteiger partial charge < -0.3 is 15.0 Å². The first kappa shape index (κ1) is 18.2. The summed E-state index contributed by atoms with van der Waals surface area (Å²) in [6.45, 7) is 9.69. The molecular weight excluding hydrogens is 314 g/mol.